The van der Waals surface area contributed by atoms with Gasteiger partial charge in [0.2, 0.25) is 0 Å². The van der Waals surface area contributed by atoms with E-state index in [9.17, 15) is 9.90 Å². The van der Waals surface area contributed by atoms with E-state index >= 15 is 0 Å². The number of carbonyl (C=O) groups excluding carboxylic acids is 1. The van der Waals surface area contributed by atoms with E-state index in [0.29, 0.717) is 17.0 Å². The zero-order valence-corrected chi connectivity index (χ0v) is 16.4. The third-order valence-corrected chi connectivity index (χ3v) is 5.95. The fraction of sp³-hybridized carbons (Fsp3) is 0.160. The van der Waals surface area contributed by atoms with Crippen molar-refractivity contribution >= 4 is 39.1 Å². The van der Waals surface area contributed by atoms with Crippen LogP contribution in [-0.2, 0) is 11.2 Å². The van der Waals surface area contributed by atoms with Crippen molar-refractivity contribution in [3.63, 3.8) is 0 Å². The summed E-state index contributed by atoms with van der Waals surface area (Å²) in [4.78, 5) is 12.5. The molecule has 0 spiro atoms. The van der Waals surface area contributed by atoms with Crippen LogP contribution < -0.4 is 0 Å². The molecular formula is C25H19ClO3. The first-order valence-corrected chi connectivity index (χ1v) is 10.1. The molecule has 0 fully saturated rings. The summed E-state index contributed by atoms with van der Waals surface area (Å²) in [7, 11) is 0. The molecule has 4 aromatic rings. The Bertz CT molecular complexity index is 1230. The molecule has 0 amide bonds. The molecule has 0 saturated carbocycles. The molecule has 0 unspecified atom stereocenters. The lowest BCUT2D eigenvalue weighted by molar-refractivity contribution is -0.0263. The maximum atomic E-state index is 12.5. The molecule has 1 aliphatic rings. The first-order chi connectivity index (χ1) is 14.1. The van der Waals surface area contributed by atoms with Crippen molar-refractivity contribution in [2.45, 2.75) is 25.0 Å². The van der Waals surface area contributed by atoms with Gasteiger partial charge in [0.05, 0.1) is 5.56 Å². The van der Waals surface area contributed by atoms with Crippen LogP contribution in [0, 0.1) is 0 Å². The van der Waals surface area contributed by atoms with Gasteiger partial charge < -0.3 is 9.84 Å². The van der Waals surface area contributed by atoms with Crippen LogP contribution in [0.2, 0.25) is 5.02 Å². The van der Waals surface area contributed by atoms with Crippen LogP contribution in [0.4, 0.5) is 0 Å². The molecule has 4 heteroatoms. The maximum absolute atomic E-state index is 12.5. The number of aliphatic hydroxyl groups excluding tert-OH is 1. The summed E-state index contributed by atoms with van der Waals surface area (Å²) in [6.45, 7) is 0. The first kappa shape index (κ1) is 18.2. The van der Waals surface area contributed by atoms with Crippen LogP contribution in [0.25, 0.3) is 21.5 Å². The average Bonchev–Trinajstić information content (AvgIpc) is 2.74. The molecule has 3 nitrogen and oxygen atoms in total. The predicted molar refractivity (Wildman–Crippen MR) is 115 cm³/mol. The number of ether oxygens (including phenoxy) is 1. The van der Waals surface area contributed by atoms with E-state index in [-0.39, 0.29) is 0 Å². The van der Waals surface area contributed by atoms with E-state index in [0.717, 1.165) is 39.1 Å². The molecule has 0 heterocycles. The fourth-order valence-electron chi connectivity index (χ4n) is 4.21. The summed E-state index contributed by atoms with van der Waals surface area (Å²) in [5.41, 5.74) is 2.41. The molecule has 1 aliphatic carbocycles. The van der Waals surface area contributed by atoms with Crippen molar-refractivity contribution in [1.82, 2.24) is 0 Å². The number of carbonyl (C=O) groups is 1. The van der Waals surface area contributed by atoms with Crippen molar-refractivity contribution in [3.8, 4) is 0 Å². The highest BCUT2D eigenvalue weighted by Crippen LogP contribution is 2.38. The van der Waals surface area contributed by atoms with Crippen molar-refractivity contribution in [2.24, 2.45) is 0 Å². The third kappa shape index (κ3) is 3.27. The van der Waals surface area contributed by atoms with Gasteiger partial charge in [0.25, 0.3) is 0 Å². The Labute approximate surface area is 173 Å². The number of rotatable bonds is 2. The van der Waals surface area contributed by atoms with Crippen LogP contribution in [-0.4, -0.2) is 17.2 Å². The molecule has 2 atom stereocenters. The number of benzene rings is 4. The van der Waals surface area contributed by atoms with E-state index in [4.69, 9.17) is 16.3 Å². The van der Waals surface area contributed by atoms with Crippen molar-refractivity contribution < 1.29 is 14.6 Å². The fourth-order valence-corrected chi connectivity index (χ4v) is 4.33. The maximum Gasteiger partial charge on any atom is 0.338 e. The van der Waals surface area contributed by atoms with Crippen LogP contribution in [0.15, 0.2) is 72.8 Å². The molecule has 29 heavy (non-hydrogen) atoms. The summed E-state index contributed by atoms with van der Waals surface area (Å²) in [6, 6.07) is 23.2. The summed E-state index contributed by atoms with van der Waals surface area (Å²) in [5, 5.41) is 16.1. The molecule has 0 bridgehead atoms. The van der Waals surface area contributed by atoms with Gasteiger partial charge in [-0.2, -0.15) is 0 Å². The minimum absolute atomic E-state index is 0.427. The monoisotopic (exact) mass is 402 g/mol. The van der Waals surface area contributed by atoms with E-state index < -0.39 is 18.2 Å². The molecule has 4 aromatic carbocycles. The Balaban J connectivity index is 1.52. The van der Waals surface area contributed by atoms with Gasteiger partial charge in [0, 0.05) is 5.02 Å². The zero-order chi connectivity index (χ0) is 20.0. The second kappa shape index (κ2) is 7.18. The smallest absolute Gasteiger partial charge is 0.338 e. The van der Waals surface area contributed by atoms with Gasteiger partial charge in [0.1, 0.15) is 12.2 Å². The SMILES string of the molecule is O=C(O[C@@H]1CCc2ccc3cc4ccccc4cc3c2[C@@H]1O)c1ccc(Cl)cc1. The highest BCUT2D eigenvalue weighted by atomic mass is 35.5. The molecule has 1 N–H and O–H groups in total. The number of hydrogen-bond donors (Lipinski definition) is 1. The zero-order valence-electron chi connectivity index (χ0n) is 15.6. The Morgan fingerprint density at radius 1 is 0.931 bits per heavy atom. The standard InChI is InChI=1S/C25H19ClO3/c26-20-10-7-16(8-11-20)25(28)29-22-12-9-15-5-6-19-13-17-3-1-2-4-18(17)14-21(19)23(15)24(22)27/h1-8,10-11,13-14,22,24,27H,9,12H2/t22-,24-/m1/s1. The van der Waals surface area contributed by atoms with Crippen molar-refractivity contribution in [2.75, 3.05) is 0 Å². The number of hydrogen-bond acceptors (Lipinski definition) is 3. The largest absolute Gasteiger partial charge is 0.456 e. The molecule has 0 saturated heterocycles. The molecule has 144 valence electrons. The normalized spacial score (nSPS) is 18.6. The number of aryl methyl sites for hydroxylation is 1. The van der Waals surface area contributed by atoms with E-state index in [2.05, 4.69) is 36.4 Å². The van der Waals surface area contributed by atoms with Gasteiger partial charge in [0.15, 0.2) is 0 Å². The molecule has 0 aliphatic heterocycles. The van der Waals surface area contributed by atoms with Crippen LogP contribution in [0.1, 0.15) is 34.0 Å². The number of esters is 1. The van der Waals surface area contributed by atoms with Crippen LogP contribution in [0.3, 0.4) is 0 Å². The summed E-state index contributed by atoms with van der Waals surface area (Å²) in [5.74, 6) is -0.445. The van der Waals surface area contributed by atoms with Gasteiger partial charge in [-0.25, -0.2) is 4.79 Å². The summed E-state index contributed by atoms with van der Waals surface area (Å²) >= 11 is 5.89. The summed E-state index contributed by atoms with van der Waals surface area (Å²) in [6.07, 6.45) is -0.0945. The second-order valence-corrected chi connectivity index (χ2v) is 7.93. The van der Waals surface area contributed by atoms with E-state index in [1.54, 1.807) is 24.3 Å². The minimum atomic E-state index is -0.861. The minimum Gasteiger partial charge on any atom is -0.456 e. The predicted octanol–water partition coefficient (Wildman–Crippen LogP) is 5.85. The van der Waals surface area contributed by atoms with Gasteiger partial charge in [-0.05, 0) is 81.9 Å². The quantitative estimate of drug-likeness (QED) is 0.338. The summed E-state index contributed by atoms with van der Waals surface area (Å²) < 4.78 is 5.69. The molecule has 0 radical (unpaired) electrons. The number of halogens is 1. The Morgan fingerprint density at radius 3 is 2.41 bits per heavy atom. The van der Waals surface area contributed by atoms with Crippen LogP contribution >= 0.6 is 11.6 Å². The first-order valence-electron chi connectivity index (χ1n) is 9.69. The van der Waals surface area contributed by atoms with Crippen molar-refractivity contribution in [3.05, 3.63) is 94.5 Å². The lowest BCUT2D eigenvalue weighted by Crippen LogP contribution is -2.30. The van der Waals surface area contributed by atoms with Gasteiger partial charge in [-0.1, -0.05) is 48.0 Å². The Kier molecular flexibility index (Phi) is 4.50. The van der Waals surface area contributed by atoms with Crippen LogP contribution in [0.5, 0.6) is 0 Å². The molecular weight excluding hydrogens is 384 g/mol. The number of aliphatic hydroxyl groups is 1. The highest BCUT2D eigenvalue weighted by Gasteiger charge is 2.32. The van der Waals surface area contributed by atoms with Gasteiger partial charge in [-0.15, -0.1) is 0 Å². The third-order valence-electron chi connectivity index (χ3n) is 5.70. The Hall–Kier alpha value is -2.88. The Morgan fingerprint density at radius 2 is 1.66 bits per heavy atom. The number of fused-ring (bicyclic) bond motifs is 4. The van der Waals surface area contributed by atoms with Crippen molar-refractivity contribution in [1.29, 1.82) is 0 Å². The van der Waals surface area contributed by atoms with Gasteiger partial charge >= 0.3 is 5.97 Å². The average molecular weight is 403 g/mol. The lowest BCUT2D eigenvalue weighted by Gasteiger charge is -2.31. The highest BCUT2D eigenvalue weighted by molar-refractivity contribution is 6.30. The topological polar surface area (TPSA) is 46.5 Å². The lowest BCUT2D eigenvalue weighted by atomic mass is 9.83. The second-order valence-electron chi connectivity index (χ2n) is 7.49. The van der Waals surface area contributed by atoms with Gasteiger partial charge in [-0.3, -0.25) is 0 Å². The van der Waals surface area contributed by atoms with E-state index in [1.165, 1.54) is 0 Å². The molecule has 5 rings (SSSR count). The van der Waals surface area contributed by atoms with E-state index in [1.807, 2.05) is 12.1 Å². The molecule has 0 aromatic heterocycles.